The van der Waals surface area contributed by atoms with E-state index in [9.17, 15) is 0 Å². The average Bonchev–Trinajstić information content (AvgIpc) is 2.24. The van der Waals surface area contributed by atoms with Gasteiger partial charge in [0, 0.05) is 11.6 Å². The van der Waals surface area contributed by atoms with Crippen molar-refractivity contribution in [1.29, 1.82) is 0 Å². The fourth-order valence-corrected chi connectivity index (χ4v) is 0.735. The van der Waals surface area contributed by atoms with Gasteiger partial charge >= 0.3 is 0 Å². The lowest BCUT2D eigenvalue weighted by Crippen LogP contribution is -1.69. The van der Waals surface area contributed by atoms with E-state index in [-0.39, 0.29) is 0 Å². The number of aryl methyl sites for hydroxylation is 1. The summed E-state index contributed by atoms with van der Waals surface area (Å²) < 4.78 is 0. The lowest BCUT2D eigenvalue weighted by molar-refractivity contribution is 1.30. The standard InChI is InChI=1S/C4H5NS.CH5N/c1-4-5-2-3-6-4;1-2/h2-3H,1H3;2H2,1H3. The monoisotopic (exact) mass is 130 g/mol. The largest absolute Gasteiger partial charge is 0.333 e. The van der Waals surface area contributed by atoms with Crippen LogP contribution >= 0.6 is 11.3 Å². The number of nitrogens with two attached hydrogens (primary N) is 1. The van der Waals surface area contributed by atoms with Crippen molar-refractivity contribution in [2.75, 3.05) is 7.05 Å². The molecule has 0 saturated heterocycles. The first-order chi connectivity index (χ1) is 3.89. The molecular formula is C5H10N2S. The van der Waals surface area contributed by atoms with Gasteiger partial charge in [0.25, 0.3) is 0 Å². The first-order valence-electron chi connectivity index (χ1n) is 2.33. The second kappa shape index (κ2) is 4.74. The maximum absolute atomic E-state index is 4.50. The molecule has 1 rings (SSSR count). The van der Waals surface area contributed by atoms with Gasteiger partial charge in [-0.25, -0.2) is 0 Å². The fraction of sp³-hybridized carbons (Fsp3) is 0.400. The maximum atomic E-state index is 4.50. The Kier molecular flexibility index (Phi) is 4.50. The third-order valence-electron chi connectivity index (χ3n) is 0.556. The van der Waals surface area contributed by atoms with Crippen molar-refractivity contribution in [3.8, 4) is 0 Å². The van der Waals surface area contributed by atoms with Crippen LogP contribution in [-0.4, -0.2) is 12.0 Å². The van der Waals surface area contributed by atoms with Crippen molar-refractivity contribution in [3.05, 3.63) is 16.6 Å². The Labute approximate surface area is 53.4 Å². The van der Waals surface area contributed by atoms with Crippen LogP contribution < -0.4 is 5.73 Å². The molecule has 0 unspecified atom stereocenters. The molecule has 1 aromatic rings. The summed E-state index contributed by atoms with van der Waals surface area (Å²) in [5, 5.41) is 3.10. The third kappa shape index (κ3) is 2.71. The predicted octanol–water partition coefficient (Wildman–Crippen LogP) is 1.03. The Morgan fingerprint density at radius 2 is 2.25 bits per heavy atom. The predicted molar refractivity (Wildman–Crippen MR) is 37.0 cm³/mol. The molecule has 0 aromatic carbocycles. The van der Waals surface area contributed by atoms with Crippen LogP contribution in [0, 0.1) is 6.92 Å². The normalized spacial score (nSPS) is 7.38. The molecule has 1 heterocycles. The molecule has 3 heteroatoms. The van der Waals surface area contributed by atoms with Crippen molar-refractivity contribution < 1.29 is 0 Å². The molecule has 0 bridgehead atoms. The number of rotatable bonds is 0. The van der Waals surface area contributed by atoms with Crippen molar-refractivity contribution in [2.24, 2.45) is 5.73 Å². The molecule has 0 radical (unpaired) electrons. The van der Waals surface area contributed by atoms with Gasteiger partial charge < -0.3 is 5.73 Å². The molecule has 0 aliphatic rings. The smallest absolute Gasteiger partial charge is 0.0893 e. The number of hydrogen-bond donors (Lipinski definition) is 1. The Morgan fingerprint density at radius 3 is 2.38 bits per heavy atom. The van der Waals surface area contributed by atoms with Gasteiger partial charge in [0.1, 0.15) is 0 Å². The highest BCUT2D eigenvalue weighted by atomic mass is 32.1. The fourth-order valence-electron chi connectivity index (χ4n) is 0.295. The van der Waals surface area contributed by atoms with E-state index in [0.29, 0.717) is 0 Å². The summed E-state index contributed by atoms with van der Waals surface area (Å²) in [5.74, 6) is 0. The summed E-state index contributed by atoms with van der Waals surface area (Å²) >= 11 is 1.67. The molecular weight excluding hydrogens is 120 g/mol. The highest BCUT2D eigenvalue weighted by molar-refractivity contribution is 7.09. The summed E-state index contributed by atoms with van der Waals surface area (Å²) in [5.41, 5.74) is 4.50. The lowest BCUT2D eigenvalue weighted by Gasteiger charge is -1.65. The van der Waals surface area contributed by atoms with Gasteiger partial charge in [-0.3, -0.25) is 4.98 Å². The molecule has 0 fully saturated rings. The van der Waals surface area contributed by atoms with Gasteiger partial charge in [-0.2, -0.15) is 0 Å². The number of aromatic nitrogens is 1. The zero-order valence-corrected chi connectivity index (χ0v) is 5.90. The summed E-state index contributed by atoms with van der Waals surface area (Å²) in [7, 11) is 1.50. The second-order valence-corrected chi connectivity index (χ2v) is 2.15. The van der Waals surface area contributed by atoms with Crippen LogP contribution in [0.2, 0.25) is 0 Å². The van der Waals surface area contributed by atoms with Crippen molar-refractivity contribution in [3.63, 3.8) is 0 Å². The van der Waals surface area contributed by atoms with Crippen molar-refractivity contribution >= 4 is 11.3 Å². The van der Waals surface area contributed by atoms with Crippen molar-refractivity contribution in [2.45, 2.75) is 6.92 Å². The van der Waals surface area contributed by atoms with Gasteiger partial charge in [0.15, 0.2) is 0 Å². The van der Waals surface area contributed by atoms with E-state index in [2.05, 4.69) is 10.7 Å². The molecule has 0 amide bonds. The van der Waals surface area contributed by atoms with Gasteiger partial charge in [-0.15, -0.1) is 11.3 Å². The summed E-state index contributed by atoms with van der Waals surface area (Å²) in [4.78, 5) is 3.94. The molecule has 0 saturated carbocycles. The molecule has 2 nitrogen and oxygen atoms in total. The van der Waals surface area contributed by atoms with Gasteiger partial charge in [0.2, 0.25) is 0 Å². The Balaban J connectivity index is 0.000000222. The van der Waals surface area contributed by atoms with E-state index in [1.807, 2.05) is 12.3 Å². The second-order valence-electron chi connectivity index (χ2n) is 1.05. The van der Waals surface area contributed by atoms with Gasteiger partial charge in [-0.1, -0.05) is 0 Å². The Hall–Kier alpha value is -0.410. The first kappa shape index (κ1) is 7.59. The molecule has 1 aromatic heterocycles. The van der Waals surface area contributed by atoms with Gasteiger partial charge in [-0.05, 0) is 14.0 Å². The molecule has 8 heavy (non-hydrogen) atoms. The molecule has 46 valence electrons. The van der Waals surface area contributed by atoms with Crippen molar-refractivity contribution in [1.82, 2.24) is 4.98 Å². The van der Waals surface area contributed by atoms with E-state index in [1.165, 1.54) is 7.05 Å². The van der Waals surface area contributed by atoms with Gasteiger partial charge in [0.05, 0.1) is 5.01 Å². The Bertz CT molecular complexity index is 114. The Morgan fingerprint density at radius 1 is 1.62 bits per heavy atom. The molecule has 0 aliphatic carbocycles. The number of hydrogen-bond acceptors (Lipinski definition) is 3. The van der Waals surface area contributed by atoms with E-state index >= 15 is 0 Å². The van der Waals surface area contributed by atoms with Crippen LogP contribution in [0.5, 0.6) is 0 Å². The summed E-state index contributed by atoms with van der Waals surface area (Å²) in [6, 6.07) is 0. The average molecular weight is 130 g/mol. The molecule has 0 aliphatic heterocycles. The van der Waals surface area contributed by atoms with E-state index in [4.69, 9.17) is 0 Å². The number of nitrogens with zero attached hydrogens (tertiary/aromatic N) is 1. The minimum absolute atomic E-state index is 1.13. The SMILES string of the molecule is CN.Cc1nccs1. The minimum atomic E-state index is 1.13. The molecule has 2 N–H and O–H groups in total. The molecule has 0 atom stereocenters. The van der Waals surface area contributed by atoms with Crippen LogP contribution in [0.3, 0.4) is 0 Å². The number of thiazole rings is 1. The zero-order valence-electron chi connectivity index (χ0n) is 5.09. The quantitative estimate of drug-likeness (QED) is 0.569. The van der Waals surface area contributed by atoms with E-state index < -0.39 is 0 Å². The molecule has 0 spiro atoms. The third-order valence-corrected chi connectivity index (χ3v) is 1.26. The maximum Gasteiger partial charge on any atom is 0.0893 e. The topological polar surface area (TPSA) is 38.9 Å². The summed E-state index contributed by atoms with van der Waals surface area (Å²) in [6.07, 6.45) is 1.81. The van der Waals surface area contributed by atoms with Crippen LogP contribution in [-0.2, 0) is 0 Å². The van der Waals surface area contributed by atoms with Crippen LogP contribution in [0.25, 0.3) is 0 Å². The summed E-state index contributed by atoms with van der Waals surface area (Å²) in [6.45, 7) is 1.99. The van der Waals surface area contributed by atoms with E-state index in [0.717, 1.165) is 5.01 Å². The van der Waals surface area contributed by atoms with Crippen LogP contribution in [0.1, 0.15) is 5.01 Å². The van der Waals surface area contributed by atoms with Crippen LogP contribution in [0.4, 0.5) is 0 Å². The first-order valence-corrected chi connectivity index (χ1v) is 3.21. The van der Waals surface area contributed by atoms with Crippen LogP contribution in [0.15, 0.2) is 11.6 Å². The van der Waals surface area contributed by atoms with E-state index in [1.54, 1.807) is 17.5 Å². The lowest BCUT2D eigenvalue weighted by atomic mass is 10.8. The minimum Gasteiger partial charge on any atom is -0.333 e. The highest BCUT2D eigenvalue weighted by Gasteiger charge is 1.76. The highest BCUT2D eigenvalue weighted by Crippen LogP contribution is 1.98. The zero-order chi connectivity index (χ0) is 6.41.